The number of halogens is 4. The Balaban J connectivity index is 1.85. The number of thiazole rings is 1. The molecule has 0 saturated heterocycles. The van der Waals surface area contributed by atoms with Crippen LogP contribution in [-0.4, -0.2) is 16.7 Å². The second-order valence-corrected chi connectivity index (χ2v) is 6.68. The average Bonchev–Trinajstić information content (AvgIpc) is 3.04. The lowest BCUT2D eigenvalue weighted by atomic mass is 10.2. The molecule has 0 aliphatic carbocycles. The van der Waals surface area contributed by atoms with Gasteiger partial charge in [-0.2, -0.15) is 13.2 Å². The third-order valence-corrected chi connectivity index (χ3v) is 4.50. The number of carbonyl (C=O) groups excluding carboxylic acids is 2. The van der Waals surface area contributed by atoms with Crippen LogP contribution in [0, 0.1) is 0 Å². The molecule has 0 fully saturated rings. The molecule has 2 rings (SSSR count). The quantitative estimate of drug-likeness (QED) is 0.792. The number of anilines is 1. The summed E-state index contributed by atoms with van der Waals surface area (Å²) in [5.74, 6) is -0.818. The molecule has 1 N–H and O–H groups in total. The number of carbonyl (C=O) groups is 2. The maximum absolute atomic E-state index is 12.4. The Labute approximate surface area is 135 Å². The third kappa shape index (κ3) is 4.52. The van der Waals surface area contributed by atoms with Crippen LogP contribution >= 0.6 is 34.3 Å². The predicted molar refractivity (Wildman–Crippen MR) is 78.6 cm³/mol. The number of nitrogens with one attached hydrogen (secondary N) is 1. The van der Waals surface area contributed by atoms with Crippen molar-refractivity contribution in [2.24, 2.45) is 0 Å². The van der Waals surface area contributed by atoms with Gasteiger partial charge in [-0.3, -0.25) is 9.59 Å². The summed E-state index contributed by atoms with van der Waals surface area (Å²) in [7, 11) is 0. The van der Waals surface area contributed by atoms with Crippen LogP contribution in [0.4, 0.5) is 18.3 Å². The van der Waals surface area contributed by atoms with Gasteiger partial charge in [0, 0.05) is 18.2 Å². The maximum Gasteiger partial charge on any atom is 0.434 e. The first kappa shape index (κ1) is 16.9. The fourth-order valence-electron chi connectivity index (χ4n) is 1.46. The van der Waals surface area contributed by atoms with Gasteiger partial charge in [0.2, 0.25) is 5.91 Å². The summed E-state index contributed by atoms with van der Waals surface area (Å²) in [4.78, 5) is 27.1. The highest BCUT2D eigenvalue weighted by atomic mass is 35.5. The first-order valence-corrected chi connectivity index (χ1v) is 7.94. The third-order valence-electron chi connectivity index (χ3n) is 2.47. The molecule has 1 amide bonds. The summed E-state index contributed by atoms with van der Waals surface area (Å²) in [6.45, 7) is 0. The van der Waals surface area contributed by atoms with E-state index in [9.17, 15) is 22.8 Å². The van der Waals surface area contributed by atoms with Crippen molar-refractivity contribution in [2.45, 2.75) is 19.0 Å². The van der Waals surface area contributed by atoms with E-state index in [1.165, 1.54) is 0 Å². The minimum Gasteiger partial charge on any atom is -0.302 e. The zero-order chi connectivity index (χ0) is 16.3. The molecule has 0 atom stereocenters. The number of alkyl halides is 3. The van der Waals surface area contributed by atoms with E-state index in [1.54, 1.807) is 12.1 Å². The first-order valence-electron chi connectivity index (χ1n) is 5.87. The molecule has 2 heterocycles. The Bertz CT molecular complexity index is 697. The fraction of sp³-hybridized carbons (Fsp3) is 0.250. The van der Waals surface area contributed by atoms with E-state index < -0.39 is 17.8 Å². The van der Waals surface area contributed by atoms with Crippen molar-refractivity contribution in [3.05, 3.63) is 32.4 Å². The van der Waals surface area contributed by atoms with Gasteiger partial charge >= 0.3 is 6.18 Å². The van der Waals surface area contributed by atoms with E-state index in [0.717, 1.165) is 16.7 Å². The molecule has 0 aliphatic heterocycles. The largest absolute Gasteiger partial charge is 0.434 e. The Morgan fingerprint density at radius 2 is 2.00 bits per heavy atom. The second-order valence-electron chi connectivity index (χ2n) is 4.11. The number of aromatic nitrogens is 1. The SMILES string of the molecule is O=C(CCC(=O)c1ccc(Cl)s1)Nc1nc(C(F)(F)F)cs1. The van der Waals surface area contributed by atoms with E-state index in [-0.39, 0.29) is 23.8 Å². The van der Waals surface area contributed by atoms with Gasteiger partial charge in [-0.05, 0) is 12.1 Å². The molecule has 0 radical (unpaired) electrons. The molecule has 0 aliphatic rings. The molecular formula is C12H8ClF3N2O2S2. The molecule has 2 aromatic rings. The Morgan fingerprint density at radius 3 is 2.55 bits per heavy atom. The molecule has 0 bridgehead atoms. The summed E-state index contributed by atoms with van der Waals surface area (Å²) in [6.07, 6.45) is -4.75. The lowest BCUT2D eigenvalue weighted by Crippen LogP contribution is -2.13. The van der Waals surface area contributed by atoms with Crippen LogP contribution in [-0.2, 0) is 11.0 Å². The smallest absolute Gasteiger partial charge is 0.302 e. The van der Waals surface area contributed by atoms with Gasteiger partial charge in [-0.25, -0.2) is 4.98 Å². The average molecular weight is 369 g/mol. The fourth-order valence-corrected chi connectivity index (χ4v) is 3.20. The van der Waals surface area contributed by atoms with Gasteiger partial charge in [-0.15, -0.1) is 22.7 Å². The van der Waals surface area contributed by atoms with Gasteiger partial charge in [0.25, 0.3) is 0 Å². The molecule has 0 saturated carbocycles. The number of nitrogens with zero attached hydrogens (tertiary/aromatic N) is 1. The van der Waals surface area contributed by atoms with Crippen LogP contribution in [0.1, 0.15) is 28.2 Å². The molecule has 10 heteroatoms. The van der Waals surface area contributed by atoms with Crippen molar-refractivity contribution in [1.29, 1.82) is 0 Å². The van der Waals surface area contributed by atoms with E-state index >= 15 is 0 Å². The topological polar surface area (TPSA) is 59.1 Å². The number of hydrogen-bond donors (Lipinski definition) is 1. The zero-order valence-corrected chi connectivity index (χ0v) is 13.1. The summed E-state index contributed by atoms with van der Waals surface area (Å²) in [6, 6.07) is 3.14. The van der Waals surface area contributed by atoms with Crippen molar-refractivity contribution >= 4 is 51.1 Å². The molecule has 2 aromatic heterocycles. The van der Waals surface area contributed by atoms with Crippen LogP contribution in [0.2, 0.25) is 4.34 Å². The van der Waals surface area contributed by atoms with Gasteiger partial charge in [-0.1, -0.05) is 11.6 Å². The normalized spacial score (nSPS) is 11.5. The predicted octanol–water partition coefficient (Wildman–Crippen LogP) is 4.48. The van der Waals surface area contributed by atoms with Crippen molar-refractivity contribution < 1.29 is 22.8 Å². The van der Waals surface area contributed by atoms with Crippen LogP contribution in [0.3, 0.4) is 0 Å². The number of thiophene rings is 1. The molecule has 0 unspecified atom stereocenters. The maximum atomic E-state index is 12.4. The summed E-state index contributed by atoms with van der Waals surface area (Å²) < 4.78 is 37.5. The first-order chi connectivity index (χ1) is 10.3. The minimum atomic E-state index is -4.55. The van der Waals surface area contributed by atoms with Crippen LogP contribution < -0.4 is 5.32 Å². The summed E-state index contributed by atoms with van der Waals surface area (Å²) in [5, 5.41) is 2.90. The lowest BCUT2D eigenvalue weighted by molar-refractivity contribution is -0.140. The van der Waals surface area contributed by atoms with Crippen molar-refractivity contribution in [2.75, 3.05) is 5.32 Å². The van der Waals surface area contributed by atoms with E-state index in [1.807, 2.05) is 0 Å². The van der Waals surface area contributed by atoms with Gasteiger partial charge in [0.1, 0.15) is 0 Å². The number of ketones is 1. The highest BCUT2D eigenvalue weighted by molar-refractivity contribution is 7.18. The highest BCUT2D eigenvalue weighted by Gasteiger charge is 2.33. The Morgan fingerprint density at radius 1 is 1.27 bits per heavy atom. The zero-order valence-electron chi connectivity index (χ0n) is 10.7. The van der Waals surface area contributed by atoms with E-state index in [0.29, 0.717) is 20.6 Å². The molecule has 22 heavy (non-hydrogen) atoms. The van der Waals surface area contributed by atoms with Gasteiger partial charge in [0.15, 0.2) is 16.6 Å². The lowest BCUT2D eigenvalue weighted by Gasteiger charge is -2.02. The Kier molecular flexibility index (Phi) is 5.20. The van der Waals surface area contributed by atoms with Crippen molar-refractivity contribution in [3.8, 4) is 0 Å². The number of rotatable bonds is 5. The molecule has 4 nitrogen and oxygen atoms in total. The molecular weight excluding hydrogens is 361 g/mol. The number of Topliss-reactive ketones (excluding diaryl/α,β-unsaturated/α-hetero) is 1. The van der Waals surface area contributed by atoms with Crippen LogP contribution in [0.25, 0.3) is 0 Å². The van der Waals surface area contributed by atoms with E-state index in [2.05, 4.69) is 10.3 Å². The second kappa shape index (κ2) is 6.76. The van der Waals surface area contributed by atoms with Crippen LogP contribution in [0.15, 0.2) is 17.5 Å². The van der Waals surface area contributed by atoms with Gasteiger partial charge < -0.3 is 5.32 Å². The number of hydrogen-bond acceptors (Lipinski definition) is 5. The Hall–Kier alpha value is -1.45. The standard InChI is InChI=1S/C12H8ClF3N2O2S2/c13-9-3-2-7(22-9)6(19)1-4-10(20)18-11-17-8(5-21-11)12(14,15)16/h2-3,5H,1,4H2,(H,17,18,20). The van der Waals surface area contributed by atoms with Gasteiger partial charge in [0.05, 0.1) is 9.21 Å². The monoisotopic (exact) mass is 368 g/mol. The van der Waals surface area contributed by atoms with Crippen LogP contribution in [0.5, 0.6) is 0 Å². The van der Waals surface area contributed by atoms with Crippen molar-refractivity contribution in [1.82, 2.24) is 4.98 Å². The molecule has 0 spiro atoms. The summed E-state index contributed by atoms with van der Waals surface area (Å²) >= 11 is 7.48. The minimum absolute atomic E-state index is 0.0554. The van der Waals surface area contributed by atoms with E-state index in [4.69, 9.17) is 11.6 Å². The van der Waals surface area contributed by atoms with Crippen molar-refractivity contribution in [3.63, 3.8) is 0 Å². The summed E-state index contributed by atoms with van der Waals surface area (Å²) in [5.41, 5.74) is -1.06. The highest BCUT2D eigenvalue weighted by Crippen LogP contribution is 2.31. The molecule has 118 valence electrons. The molecule has 0 aromatic carbocycles. The number of amides is 1.